The molecule has 0 spiro atoms. The van der Waals surface area contributed by atoms with Crippen LogP contribution >= 0.6 is 0 Å². The zero-order valence-electron chi connectivity index (χ0n) is 32.4. The van der Waals surface area contributed by atoms with Crippen LogP contribution in [0.3, 0.4) is 0 Å². The summed E-state index contributed by atoms with van der Waals surface area (Å²) < 4.78 is 28.2. The van der Waals surface area contributed by atoms with Crippen LogP contribution in [0.15, 0.2) is 42.0 Å². The number of hydrogen-bond donors (Lipinski definition) is 3. The van der Waals surface area contributed by atoms with Gasteiger partial charge in [0.1, 0.15) is 24.9 Å². The minimum absolute atomic E-state index is 0.0303. The zero-order chi connectivity index (χ0) is 40.5. The molecule has 15 nitrogen and oxygen atoms in total. The Morgan fingerprint density at radius 3 is 2.54 bits per heavy atom. The summed E-state index contributed by atoms with van der Waals surface area (Å²) in [7, 11) is 0. The Labute approximate surface area is 331 Å². The van der Waals surface area contributed by atoms with Crippen molar-refractivity contribution in [3.8, 4) is 11.8 Å². The number of ether oxygens (including phenoxy) is 5. The number of nitrogens with one attached hydrogen (secondary N) is 2. The van der Waals surface area contributed by atoms with E-state index in [0.717, 1.165) is 11.3 Å². The molecule has 15 heteroatoms. The molecule has 1 aromatic carbocycles. The number of rotatable bonds is 15. The molecular weight excluding hydrogens is 738 g/mol. The van der Waals surface area contributed by atoms with Gasteiger partial charge >= 0.3 is 12.1 Å². The van der Waals surface area contributed by atoms with Crippen LogP contribution < -0.4 is 10.6 Å². The second kappa shape index (κ2) is 19.5. The zero-order valence-corrected chi connectivity index (χ0v) is 32.4. The minimum atomic E-state index is -1.05. The molecule has 1 unspecified atom stereocenters. The lowest BCUT2D eigenvalue weighted by Gasteiger charge is -2.43. The monoisotopic (exact) mass is 789 g/mol. The molecule has 6 rings (SSSR count). The van der Waals surface area contributed by atoms with Crippen molar-refractivity contribution in [3.05, 3.63) is 58.7 Å². The van der Waals surface area contributed by atoms with E-state index in [0.29, 0.717) is 44.6 Å². The molecule has 0 saturated carbocycles. The Balaban J connectivity index is 0.844. The second-order valence-electron chi connectivity index (χ2n) is 15.2. The Morgan fingerprint density at radius 2 is 1.77 bits per heavy atom. The van der Waals surface area contributed by atoms with E-state index in [2.05, 4.69) is 54.5 Å². The van der Waals surface area contributed by atoms with Crippen LogP contribution in [0.4, 0.5) is 4.79 Å². The molecule has 2 fully saturated rings. The number of amides is 5. The van der Waals surface area contributed by atoms with Gasteiger partial charge in [-0.25, -0.2) is 4.79 Å². The number of hydrogen-bond acceptors (Lipinski definition) is 12. The number of carbonyl (C=O) groups is 6. The largest absolute Gasteiger partial charge is 0.462 e. The fourth-order valence-electron chi connectivity index (χ4n) is 8.36. The third-order valence-corrected chi connectivity index (χ3v) is 11.0. The standard InChI is InChI=1S/C42H51N3O12/c1-25-21-28-9-8-26(2)31(11-10-30-23-29(46)24-36(48)56-30)37(28)34(22-25)57-42(52)43-14-16-54-18-20-55-19-17-53-15-4-6-27-5-3-7-32-38(27)41(51)45(40(32)50)33-12-13-35(47)44-39(33)49/h3,5,7-9,21,25-26,29-31,33-34,37,46H,10-20,22-24H2,1-2H3,(H,43,52)(H,44,47,49)/t25-,26-,29+,30+,31-,33?,34-,37-/m0/s1. The number of cyclic esters (lactones) is 1. The van der Waals surface area contributed by atoms with Crippen LogP contribution in [0.25, 0.3) is 0 Å². The summed E-state index contributed by atoms with van der Waals surface area (Å²) in [4.78, 5) is 75.7. The average Bonchev–Trinajstić information content (AvgIpc) is 3.41. The lowest BCUT2D eigenvalue weighted by molar-refractivity contribution is -0.160. The number of allylic oxidation sites excluding steroid dienone is 3. The lowest BCUT2D eigenvalue weighted by Crippen LogP contribution is -2.54. The van der Waals surface area contributed by atoms with Crippen molar-refractivity contribution >= 4 is 35.7 Å². The highest BCUT2D eigenvalue weighted by atomic mass is 16.6. The first kappa shape index (κ1) is 41.7. The van der Waals surface area contributed by atoms with Gasteiger partial charge in [0, 0.05) is 30.9 Å². The van der Waals surface area contributed by atoms with Crippen molar-refractivity contribution in [1.29, 1.82) is 0 Å². The molecule has 3 aliphatic heterocycles. The Bertz CT molecular complexity index is 1830. The number of esters is 1. The first-order chi connectivity index (χ1) is 27.5. The maximum atomic E-state index is 13.2. The van der Waals surface area contributed by atoms with Crippen molar-refractivity contribution < 1.29 is 57.6 Å². The van der Waals surface area contributed by atoms with E-state index in [1.165, 1.54) is 11.6 Å². The minimum Gasteiger partial charge on any atom is -0.462 e. The lowest BCUT2D eigenvalue weighted by atomic mass is 9.65. The number of aliphatic hydroxyl groups excluding tert-OH is 1. The molecule has 2 aliphatic carbocycles. The molecule has 3 N–H and O–H groups in total. The number of alkyl carbamates (subject to hydrolysis) is 1. The number of fused-ring (bicyclic) bond motifs is 2. The quantitative estimate of drug-likeness (QED) is 0.102. The summed E-state index contributed by atoms with van der Waals surface area (Å²) in [6.07, 6.45) is 7.57. The molecule has 3 heterocycles. The maximum Gasteiger partial charge on any atom is 0.407 e. The third kappa shape index (κ3) is 10.6. The van der Waals surface area contributed by atoms with E-state index in [-0.39, 0.29) is 98.6 Å². The van der Waals surface area contributed by atoms with Crippen LogP contribution in [0.5, 0.6) is 0 Å². The summed E-state index contributed by atoms with van der Waals surface area (Å²) in [5.74, 6) is 3.78. The van der Waals surface area contributed by atoms with Crippen LogP contribution in [0.2, 0.25) is 0 Å². The predicted molar refractivity (Wildman–Crippen MR) is 202 cm³/mol. The highest BCUT2D eigenvalue weighted by molar-refractivity contribution is 6.24. The van der Waals surface area contributed by atoms with Crippen LogP contribution in [0.1, 0.15) is 85.1 Å². The number of nitrogens with zero attached hydrogens (tertiary/aromatic N) is 1. The molecule has 8 atom stereocenters. The van der Waals surface area contributed by atoms with Crippen molar-refractivity contribution in [2.75, 3.05) is 46.2 Å². The van der Waals surface area contributed by atoms with Gasteiger partial charge in [-0.15, -0.1) is 0 Å². The summed E-state index contributed by atoms with van der Waals surface area (Å²) in [5.41, 5.74) is 1.81. The molecular formula is C42H51N3O12. The summed E-state index contributed by atoms with van der Waals surface area (Å²) >= 11 is 0. The Morgan fingerprint density at radius 1 is 1.00 bits per heavy atom. The number of benzene rings is 1. The SMILES string of the molecule is C[C@H]1C=C2C=C[C@H](C)[C@H](CC[C@@H]3C[C@@H](O)CC(=O)O3)[C@H]2[C@@H](OC(=O)NCCOCCOCCOCC#Cc2cccc3c2C(=O)N(C2CCC(=O)NC2=O)C3=O)C1. The normalized spacial score (nSPS) is 28.1. The van der Waals surface area contributed by atoms with Crippen molar-refractivity contribution in [1.82, 2.24) is 15.5 Å². The smallest absolute Gasteiger partial charge is 0.407 e. The van der Waals surface area contributed by atoms with Gasteiger partial charge in [0.2, 0.25) is 11.8 Å². The first-order valence-corrected chi connectivity index (χ1v) is 19.8. The summed E-state index contributed by atoms with van der Waals surface area (Å²) in [5, 5.41) is 15.0. The molecule has 0 radical (unpaired) electrons. The molecule has 5 amide bonds. The molecule has 0 aromatic heterocycles. The van der Waals surface area contributed by atoms with Gasteiger partial charge in [-0.2, -0.15) is 0 Å². The fourth-order valence-corrected chi connectivity index (χ4v) is 8.36. The molecule has 5 aliphatic rings. The van der Waals surface area contributed by atoms with Gasteiger partial charge < -0.3 is 34.1 Å². The van der Waals surface area contributed by atoms with Crippen LogP contribution in [0, 0.1) is 35.5 Å². The molecule has 57 heavy (non-hydrogen) atoms. The number of aliphatic hydroxyl groups is 1. The predicted octanol–water partition coefficient (Wildman–Crippen LogP) is 2.84. The van der Waals surface area contributed by atoms with Gasteiger partial charge in [0.15, 0.2) is 0 Å². The first-order valence-electron chi connectivity index (χ1n) is 19.8. The van der Waals surface area contributed by atoms with Crippen LogP contribution in [-0.2, 0) is 38.1 Å². The average molecular weight is 790 g/mol. The van der Waals surface area contributed by atoms with E-state index in [9.17, 15) is 33.9 Å². The van der Waals surface area contributed by atoms with Crippen molar-refractivity contribution in [2.45, 2.75) is 83.1 Å². The van der Waals surface area contributed by atoms with Crippen molar-refractivity contribution in [2.24, 2.45) is 23.7 Å². The van der Waals surface area contributed by atoms with E-state index in [1.807, 2.05) is 0 Å². The number of carbonyl (C=O) groups excluding carboxylic acids is 6. The Kier molecular flexibility index (Phi) is 14.3. The van der Waals surface area contributed by atoms with E-state index in [4.69, 9.17) is 23.7 Å². The van der Waals surface area contributed by atoms with Gasteiger partial charge in [0.25, 0.3) is 11.8 Å². The van der Waals surface area contributed by atoms with E-state index < -0.39 is 41.9 Å². The molecule has 306 valence electrons. The van der Waals surface area contributed by atoms with Gasteiger partial charge in [-0.3, -0.25) is 34.2 Å². The second-order valence-corrected chi connectivity index (χ2v) is 15.2. The summed E-state index contributed by atoms with van der Waals surface area (Å²) in [6.45, 7) is 6.07. The topological polar surface area (TPSA) is 196 Å². The van der Waals surface area contributed by atoms with E-state index >= 15 is 0 Å². The number of imide groups is 2. The fraction of sp³-hybridized carbons (Fsp3) is 0.571. The third-order valence-electron chi connectivity index (χ3n) is 11.0. The highest BCUT2D eigenvalue weighted by Crippen LogP contribution is 2.45. The van der Waals surface area contributed by atoms with Gasteiger partial charge in [-0.1, -0.05) is 50.0 Å². The molecule has 2 saturated heterocycles. The van der Waals surface area contributed by atoms with Gasteiger partial charge in [0.05, 0.1) is 56.7 Å². The number of piperidine rings is 1. The van der Waals surface area contributed by atoms with E-state index in [1.54, 1.807) is 12.1 Å². The Hall–Kier alpha value is -4.88. The van der Waals surface area contributed by atoms with Gasteiger partial charge in [-0.05, 0) is 61.1 Å². The maximum absolute atomic E-state index is 13.2. The van der Waals surface area contributed by atoms with Crippen molar-refractivity contribution in [3.63, 3.8) is 0 Å². The highest BCUT2D eigenvalue weighted by Gasteiger charge is 2.46. The molecule has 1 aromatic rings. The molecule has 0 bridgehead atoms. The van der Waals surface area contributed by atoms with Crippen LogP contribution in [-0.4, -0.2) is 116 Å². The summed E-state index contributed by atoms with van der Waals surface area (Å²) in [6, 6.07) is 3.70.